The van der Waals surface area contributed by atoms with Gasteiger partial charge in [0.25, 0.3) is 0 Å². The molecule has 88 valence electrons. The van der Waals surface area contributed by atoms with E-state index in [4.69, 9.17) is 11.6 Å². The van der Waals surface area contributed by atoms with E-state index in [-0.39, 0.29) is 0 Å². The molecule has 0 aliphatic heterocycles. The molecule has 0 saturated heterocycles. The first-order chi connectivity index (χ1) is 8.74. The van der Waals surface area contributed by atoms with E-state index < -0.39 is 0 Å². The van der Waals surface area contributed by atoms with Gasteiger partial charge in [0.1, 0.15) is 0 Å². The van der Waals surface area contributed by atoms with Crippen LogP contribution in [0.5, 0.6) is 0 Å². The Kier molecular flexibility index (Phi) is 1.84. The normalized spacial score (nSPS) is 11.9. The molecular formula is C15H11ClN2. The summed E-state index contributed by atoms with van der Waals surface area (Å²) in [6.45, 7) is 2.06. The van der Waals surface area contributed by atoms with Crippen molar-refractivity contribution in [3.63, 3.8) is 0 Å². The van der Waals surface area contributed by atoms with Gasteiger partial charge in [-0.15, -0.1) is 0 Å². The quantitative estimate of drug-likeness (QED) is 0.453. The molecule has 0 aliphatic carbocycles. The van der Waals surface area contributed by atoms with Crippen LogP contribution in [0.4, 0.5) is 0 Å². The van der Waals surface area contributed by atoms with Crippen LogP contribution in [0.25, 0.3) is 32.7 Å². The van der Waals surface area contributed by atoms with Gasteiger partial charge in [0.05, 0.1) is 16.1 Å². The zero-order valence-electron chi connectivity index (χ0n) is 9.84. The molecule has 2 heterocycles. The second-order valence-electron chi connectivity index (χ2n) is 4.72. The molecule has 0 amide bonds. The highest BCUT2D eigenvalue weighted by atomic mass is 35.5. The first-order valence-electron chi connectivity index (χ1n) is 5.92. The summed E-state index contributed by atoms with van der Waals surface area (Å²) in [6.07, 6.45) is 1.96. The lowest BCUT2D eigenvalue weighted by Crippen LogP contribution is -1.74. The number of aryl methyl sites for hydroxylation is 1. The molecule has 0 saturated carbocycles. The second kappa shape index (κ2) is 3.30. The van der Waals surface area contributed by atoms with E-state index in [2.05, 4.69) is 41.2 Å². The monoisotopic (exact) mass is 254 g/mol. The molecule has 0 spiro atoms. The van der Waals surface area contributed by atoms with Gasteiger partial charge in [-0.25, -0.2) is 0 Å². The predicted octanol–water partition coefficient (Wildman–Crippen LogP) is 4.76. The number of aromatic nitrogens is 2. The van der Waals surface area contributed by atoms with E-state index >= 15 is 0 Å². The van der Waals surface area contributed by atoms with E-state index in [9.17, 15) is 0 Å². The molecule has 0 fully saturated rings. The lowest BCUT2D eigenvalue weighted by molar-refractivity contribution is 1.45. The largest absolute Gasteiger partial charge is 0.359 e. The molecule has 2 aromatic heterocycles. The summed E-state index contributed by atoms with van der Waals surface area (Å²) in [7, 11) is 0. The standard InChI is InChI=1S/C15H11ClN2/c1-8-6-11(16)13-10-3-2-9-4-5-17-14(9)15(10)18-12(13)7-8/h2-7,17-18H,1H3. The van der Waals surface area contributed by atoms with Crippen LogP contribution in [0.3, 0.4) is 0 Å². The van der Waals surface area contributed by atoms with Crippen molar-refractivity contribution in [3.05, 3.63) is 47.1 Å². The average Bonchev–Trinajstić information content (AvgIpc) is 2.89. The average molecular weight is 255 g/mol. The molecule has 2 aromatic carbocycles. The third-order valence-corrected chi connectivity index (χ3v) is 3.79. The fraction of sp³-hybridized carbons (Fsp3) is 0.0667. The van der Waals surface area contributed by atoms with Crippen LogP contribution in [0.2, 0.25) is 5.02 Å². The molecule has 2 N–H and O–H groups in total. The smallest absolute Gasteiger partial charge is 0.0710 e. The van der Waals surface area contributed by atoms with E-state index in [1.165, 1.54) is 16.3 Å². The number of halogens is 1. The van der Waals surface area contributed by atoms with Crippen LogP contribution in [0.15, 0.2) is 36.5 Å². The third kappa shape index (κ3) is 1.18. The number of rotatable bonds is 0. The molecular weight excluding hydrogens is 244 g/mol. The van der Waals surface area contributed by atoms with E-state index in [1.807, 2.05) is 12.3 Å². The Hall–Kier alpha value is -1.93. The maximum absolute atomic E-state index is 6.38. The summed E-state index contributed by atoms with van der Waals surface area (Å²) in [5.41, 5.74) is 4.52. The second-order valence-corrected chi connectivity index (χ2v) is 5.13. The van der Waals surface area contributed by atoms with Crippen LogP contribution >= 0.6 is 11.6 Å². The SMILES string of the molecule is Cc1cc(Cl)c2c(c1)[nH]c1c2ccc2cc[nH]c21. The number of nitrogens with one attached hydrogen (secondary N) is 2. The Morgan fingerprint density at radius 1 is 1.06 bits per heavy atom. The highest BCUT2D eigenvalue weighted by Crippen LogP contribution is 2.35. The van der Waals surface area contributed by atoms with Crippen LogP contribution < -0.4 is 0 Å². The highest BCUT2D eigenvalue weighted by Gasteiger charge is 2.11. The predicted molar refractivity (Wildman–Crippen MR) is 77.4 cm³/mol. The van der Waals surface area contributed by atoms with Crippen molar-refractivity contribution < 1.29 is 0 Å². The van der Waals surface area contributed by atoms with Crippen molar-refractivity contribution in [3.8, 4) is 0 Å². The van der Waals surface area contributed by atoms with Gasteiger partial charge in [-0.2, -0.15) is 0 Å². The molecule has 0 bridgehead atoms. The third-order valence-electron chi connectivity index (χ3n) is 3.49. The maximum atomic E-state index is 6.38. The maximum Gasteiger partial charge on any atom is 0.0710 e. The number of aromatic amines is 2. The minimum absolute atomic E-state index is 0.808. The van der Waals surface area contributed by atoms with Gasteiger partial charge in [-0.1, -0.05) is 23.7 Å². The first kappa shape index (κ1) is 10.0. The summed E-state index contributed by atoms with van der Waals surface area (Å²) in [5.74, 6) is 0. The van der Waals surface area contributed by atoms with Gasteiger partial charge in [0.2, 0.25) is 0 Å². The summed E-state index contributed by atoms with van der Waals surface area (Å²) in [4.78, 5) is 6.76. The number of hydrogen-bond acceptors (Lipinski definition) is 0. The molecule has 3 heteroatoms. The van der Waals surface area contributed by atoms with Crippen LogP contribution in [0.1, 0.15) is 5.56 Å². The molecule has 0 aliphatic rings. The number of hydrogen-bond donors (Lipinski definition) is 2. The van der Waals surface area contributed by atoms with Gasteiger partial charge in [-0.3, -0.25) is 0 Å². The number of benzene rings is 2. The molecule has 4 aromatic rings. The fourth-order valence-electron chi connectivity index (χ4n) is 2.72. The van der Waals surface area contributed by atoms with Gasteiger partial charge < -0.3 is 9.97 Å². The van der Waals surface area contributed by atoms with Crippen molar-refractivity contribution >= 4 is 44.3 Å². The van der Waals surface area contributed by atoms with Crippen LogP contribution in [-0.4, -0.2) is 9.97 Å². The minimum Gasteiger partial charge on any atom is -0.359 e. The van der Waals surface area contributed by atoms with Gasteiger partial charge >= 0.3 is 0 Å². The van der Waals surface area contributed by atoms with Gasteiger partial charge in [0.15, 0.2) is 0 Å². The minimum atomic E-state index is 0.808. The lowest BCUT2D eigenvalue weighted by Gasteiger charge is -1.97. The zero-order chi connectivity index (χ0) is 12.3. The van der Waals surface area contributed by atoms with Crippen LogP contribution in [-0.2, 0) is 0 Å². The fourth-order valence-corrected chi connectivity index (χ4v) is 3.09. The van der Waals surface area contributed by atoms with Crippen molar-refractivity contribution in [1.82, 2.24) is 9.97 Å². The summed E-state index contributed by atoms with van der Waals surface area (Å²) in [5, 5.41) is 4.29. The van der Waals surface area contributed by atoms with Crippen molar-refractivity contribution in [2.45, 2.75) is 6.92 Å². The molecule has 18 heavy (non-hydrogen) atoms. The molecule has 4 rings (SSSR count). The number of H-pyrrole nitrogens is 2. The molecule has 2 nitrogen and oxygen atoms in total. The highest BCUT2D eigenvalue weighted by molar-refractivity contribution is 6.38. The first-order valence-corrected chi connectivity index (χ1v) is 6.29. The van der Waals surface area contributed by atoms with Gasteiger partial charge in [-0.05, 0) is 30.7 Å². The lowest BCUT2D eigenvalue weighted by atomic mass is 10.1. The van der Waals surface area contributed by atoms with Crippen LogP contribution in [0, 0.1) is 6.92 Å². The Bertz CT molecular complexity index is 899. The number of fused-ring (bicyclic) bond motifs is 5. The summed E-state index contributed by atoms with van der Waals surface area (Å²) in [6, 6.07) is 10.5. The molecule has 0 atom stereocenters. The van der Waals surface area contributed by atoms with Crippen molar-refractivity contribution in [2.75, 3.05) is 0 Å². The summed E-state index contributed by atoms with van der Waals surface area (Å²) < 4.78 is 0. The molecule has 0 unspecified atom stereocenters. The molecule has 0 radical (unpaired) electrons. The Morgan fingerprint density at radius 3 is 2.83 bits per heavy atom. The zero-order valence-corrected chi connectivity index (χ0v) is 10.6. The van der Waals surface area contributed by atoms with Gasteiger partial charge in [0, 0.05) is 27.9 Å². The Morgan fingerprint density at radius 2 is 1.94 bits per heavy atom. The van der Waals surface area contributed by atoms with E-state index in [0.717, 1.165) is 27.0 Å². The van der Waals surface area contributed by atoms with Crippen molar-refractivity contribution in [2.24, 2.45) is 0 Å². The van der Waals surface area contributed by atoms with E-state index in [1.54, 1.807) is 0 Å². The Labute approximate surface area is 109 Å². The Balaban J connectivity index is 2.33. The van der Waals surface area contributed by atoms with E-state index in [0.29, 0.717) is 0 Å². The summed E-state index contributed by atoms with van der Waals surface area (Å²) >= 11 is 6.38. The topological polar surface area (TPSA) is 31.6 Å². The van der Waals surface area contributed by atoms with Crippen molar-refractivity contribution in [1.29, 1.82) is 0 Å².